The van der Waals surface area contributed by atoms with Gasteiger partial charge in [-0.3, -0.25) is 4.79 Å². The lowest BCUT2D eigenvalue weighted by atomic mass is 10.1. The van der Waals surface area contributed by atoms with Crippen molar-refractivity contribution in [3.8, 4) is 0 Å². The molecule has 27 heavy (non-hydrogen) atoms. The van der Waals surface area contributed by atoms with Crippen LogP contribution in [-0.2, 0) is 11.3 Å². The van der Waals surface area contributed by atoms with E-state index in [2.05, 4.69) is 44.4 Å². The number of pyridine rings is 1. The van der Waals surface area contributed by atoms with Gasteiger partial charge in [0.15, 0.2) is 0 Å². The highest BCUT2D eigenvalue weighted by Gasteiger charge is 2.20. The van der Waals surface area contributed by atoms with Crippen molar-refractivity contribution in [2.75, 3.05) is 49.2 Å². The smallest absolute Gasteiger partial charge is 0.255 e. The number of nitrogens with zero attached hydrogens (tertiary/aromatic N) is 3. The van der Waals surface area contributed by atoms with Crippen LogP contribution in [0.2, 0.25) is 0 Å². The largest absolute Gasteiger partial charge is 0.378 e. The van der Waals surface area contributed by atoms with E-state index in [1.165, 1.54) is 5.69 Å². The monoisotopic (exact) mass is 366 g/mol. The Labute approximate surface area is 160 Å². The summed E-state index contributed by atoms with van der Waals surface area (Å²) in [7, 11) is 0. The molecule has 0 aliphatic carbocycles. The minimum absolute atomic E-state index is 0.0674. The van der Waals surface area contributed by atoms with E-state index >= 15 is 0 Å². The van der Waals surface area contributed by atoms with Crippen molar-refractivity contribution in [1.82, 2.24) is 10.3 Å². The van der Waals surface area contributed by atoms with Gasteiger partial charge in [-0.25, -0.2) is 4.98 Å². The molecule has 1 N–H and O–H groups in total. The summed E-state index contributed by atoms with van der Waals surface area (Å²) in [5.74, 6) is 0.734. The molecule has 1 aromatic carbocycles. The maximum absolute atomic E-state index is 12.7. The average Bonchev–Trinajstić information content (AvgIpc) is 3.28. The van der Waals surface area contributed by atoms with Crippen molar-refractivity contribution in [1.29, 1.82) is 0 Å². The first-order chi connectivity index (χ1) is 13.3. The second-order valence-corrected chi connectivity index (χ2v) is 7.02. The second kappa shape index (κ2) is 8.39. The van der Waals surface area contributed by atoms with Crippen LogP contribution < -0.4 is 15.1 Å². The lowest BCUT2D eigenvalue weighted by molar-refractivity contribution is 0.0951. The number of aromatic nitrogens is 1. The predicted octanol–water partition coefficient (Wildman–Crippen LogP) is 2.45. The highest BCUT2D eigenvalue weighted by atomic mass is 16.5. The number of anilines is 2. The molecule has 3 heterocycles. The zero-order chi connectivity index (χ0) is 18.5. The molecule has 0 unspecified atom stereocenters. The number of carbonyl (C=O) groups is 1. The van der Waals surface area contributed by atoms with E-state index in [0.29, 0.717) is 12.1 Å². The summed E-state index contributed by atoms with van der Waals surface area (Å²) in [4.78, 5) is 21.7. The van der Waals surface area contributed by atoms with Crippen molar-refractivity contribution in [3.05, 3.63) is 53.7 Å². The number of nitrogens with one attached hydrogen (secondary N) is 1. The molecular weight excluding hydrogens is 340 g/mol. The minimum atomic E-state index is -0.0674. The molecule has 2 saturated heterocycles. The minimum Gasteiger partial charge on any atom is -0.378 e. The number of rotatable bonds is 5. The number of ether oxygens (including phenoxy) is 1. The van der Waals surface area contributed by atoms with Gasteiger partial charge in [0.25, 0.3) is 5.91 Å². The lowest BCUT2D eigenvalue weighted by Gasteiger charge is -2.28. The van der Waals surface area contributed by atoms with Crippen molar-refractivity contribution < 1.29 is 9.53 Å². The fraction of sp³-hybridized carbons (Fsp3) is 0.429. The Bertz CT molecular complexity index is 766. The van der Waals surface area contributed by atoms with Gasteiger partial charge < -0.3 is 19.9 Å². The van der Waals surface area contributed by atoms with Crippen LogP contribution in [0.4, 0.5) is 11.5 Å². The average molecular weight is 366 g/mol. The molecule has 6 nitrogen and oxygen atoms in total. The van der Waals surface area contributed by atoms with Crippen LogP contribution in [0, 0.1) is 0 Å². The first kappa shape index (κ1) is 17.8. The Hall–Kier alpha value is -2.60. The Kier molecular flexibility index (Phi) is 5.53. The summed E-state index contributed by atoms with van der Waals surface area (Å²) in [6, 6.07) is 12.1. The molecule has 0 saturated carbocycles. The molecular formula is C21H26N4O2. The number of hydrogen-bond acceptors (Lipinski definition) is 5. The third-order valence-corrected chi connectivity index (χ3v) is 5.20. The van der Waals surface area contributed by atoms with Gasteiger partial charge in [0.2, 0.25) is 0 Å². The van der Waals surface area contributed by atoms with E-state index in [9.17, 15) is 4.79 Å². The molecule has 0 bridgehead atoms. The van der Waals surface area contributed by atoms with Crippen molar-refractivity contribution in [2.45, 2.75) is 19.4 Å². The second-order valence-electron chi connectivity index (χ2n) is 7.02. The van der Waals surface area contributed by atoms with Gasteiger partial charge in [-0.05, 0) is 42.7 Å². The van der Waals surface area contributed by atoms with E-state index in [1.54, 1.807) is 6.20 Å². The van der Waals surface area contributed by atoms with Gasteiger partial charge in [0.05, 0.1) is 18.8 Å². The molecule has 0 spiro atoms. The molecule has 6 heteroatoms. The van der Waals surface area contributed by atoms with Crippen LogP contribution in [0.1, 0.15) is 28.8 Å². The predicted molar refractivity (Wildman–Crippen MR) is 106 cm³/mol. The molecule has 142 valence electrons. The van der Waals surface area contributed by atoms with Gasteiger partial charge >= 0.3 is 0 Å². The lowest BCUT2D eigenvalue weighted by Crippen LogP contribution is -2.36. The number of benzene rings is 1. The summed E-state index contributed by atoms with van der Waals surface area (Å²) >= 11 is 0. The van der Waals surface area contributed by atoms with Gasteiger partial charge in [0.1, 0.15) is 5.82 Å². The quantitative estimate of drug-likeness (QED) is 0.881. The van der Waals surface area contributed by atoms with Crippen LogP contribution in [0.5, 0.6) is 0 Å². The third kappa shape index (κ3) is 4.22. The highest BCUT2D eigenvalue weighted by Crippen LogP contribution is 2.22. The Morgan fingerprint density at radius 3 is 2.48 bits per heavy atom. The van der Waals surface area contributed by atoms with E-state index in [0.717, 1.165) is 63.6 Å². The zero-order valence-corrected chi connectivity index (χ0v) is 15.6. The van der Waals surface area contributed by atoms with Crippen molar-refractivity contribution in [2.24, 2.45) is 0 Å². The molecule has 2 aliphatic heterocycles. The molecule has 1 aromatic heterocycles. The first-order valence-electron chi connectivity index (χ1n) is 9.71. The van der Waals surface area contributed by atoms with Crippen LogP contribution >= 0.6 is 0 Å². The maximum Gasteiger partial charge on any atom is 0.255 e. The summed E-state index contributed by atoms with van der Waals surface area (Å²) < 4.78 is 5.40. The van der Waals surface area contributed by atoms with E-state index in [-0.39, 0.29) is 5.91 Å². The van der Waals surface area contributed by atoms with Crippen LogP contribution in [-0.4, -0.2) is 50.3 Å². The molecule has 2 aromatic rings. The topological polar surface area (TPSA) is 57.7 Å². The van der Waals surface area contributed by atoms with Crippen molar-refractivity contribution >= 4 is 17.4 Å². The van der Waals surface area contributed by atoms with E-state index in [1.807, 2.05) is 12.1 Å². The highest BCUT2D eigenvalue weighted by molar-refractivity contribution is 5.98. The zero-order valence-electron chi connectivity index (χ0n) is 15.6. The number of morpholine rings is 1. The molecule has 2 fully saturated rings. The Balaban J connectivity index is 1.38. The number of hydrogen-bond donors (Lipinski definition) is 1. The normalized spacial score (nSPS) is 17.2. The van der Waals surface area contributed by atoms with E-state index < -0.39 is 0 Å². The number of amides is 1. The van der Waals surface area contributed by atoms with Gasteiger partial charge in [-0.1, -0.05) is 12.1 Å². The fourth-order valence-corrected chi connectivity index (χ4v) is 3.68. The van der Waals surface area contributed by atoms with Crippen LogP contribution in [0.15, 0.2) is 42.6 Å². The van der Waals surface area contributed by atoms with Gasteiger partial charge in [-0.2, -0.15) is 0 Å². The SMILES string of the molecule is O=C(NCc1ccc(N2CCOCC2)cc1)c1cccnc1N1CCCC1. The first-order valence-corrected chi connectivity index (χ1v) is 9.71. The van der Waals surface area contributed by atoms with Crippen LogP contribution in [0.3, 0.4) is 0 Å². The molecule has 0 radical (unpaired) electrons. The summed E-state index contributed by atoms with van der Waals surface area (Å²) in [6.45, 7) is 5.87. The fourth-order valence-electron chi connectivity index (χ4n) is 3.68. The summed E-state index contributed by atoms with van der Waals surface area (Å²) in [5, 5.41) is 3.04. The van der Waals surface area contributed by atoms with Crippen LogP contribution in [0.25, 0.3) is 0 Å². The molecule has 4 rings (SSSR count). The molecule has 2 aliphatic rings. The van der Waals surface area contributed by atoms with Crippen molar-refractivity contribution in [3.63, 3.8) is 0 Å². The standard InChI is InChI=1S/C21H26N4O2/c26-21(19-4-3-9-22-20(19)25-10-1-2-11-25)23-16-17-5-7-18(8-6-17)24-12-14-27-15-13-24/h3-9H,1-2,10-16H2,(H,23,26). The maximum atomic E-state index is 12.7. The van der Waals surface area contributed by atoms with Gasteiger partial charge in [0, 0.05) is 44.6 Å². The number of carbonyl (C=O) groups excluding carboxylic acids is 1. The summed E-state index contributed by atoms with van der Waals surface area (Å²) in [6.07, 6.45) is 4.08. The van der Waals surface area contributed by atoms with Gasteiger partial charge in [-0.15, -0.1) is 0 Å². The Morgan fingerprint density at radius 2 is 1.74 bits per heavy atom. The molecule has 0 atom stereocenters. The van der Waals surface area contributed by atoms with E-state index in [4.69, 9.17) is 4.74 Å². The third-order valence-electron chi connectivity index (χ3n) is 5.20. The Morgan fingerprint density at radius 1 is 1.00 bits per heavy atom. The summed E-state index contributed by atoms with van der Waals surface area (Å²) in [5.41, 5.74) is 2.95. The molecule has 1 amide bonds.